The van der Waals surface area contributed by atoms with E-state index in [2.05, 4.69) is 11.9 Å². The van der Waals surface area contributed by atoms with Crippen molar-refractivity contribution < 1.29 is 9.59 Å². The van der Waals surface area contributed by atoms with Crippen LogP contribution in [0.1, 0.15) is 24.4 Å². The van der Waals surface area contributed by atoms with E-state index in [1.807, 2.05) is 6.07 Å². The first-order valence-electron chi connectivity index (χ1n) is 6.57. The highest BCUT2D eigenvalue weighted by Gasteiger charge is 2.34. The van der Waals surface area contributed by atoms with Gasteiger partial charge in [0.1, 0.15) is 6.04 Å². The number of nitrogens with one attached hydrogen (secondary N) is 1. The summed E-state index contributed by atoms with van der Waals surface area (Å²) in [6.07, 6.45) is 2.66. The summed E-state index contributed by atoms with van der Waals surface area (Å²) in [5.74, 6) is -0.235. The lowest BCUT2D eigenvalue weighted by Crippen LogP contribution is -2.52. The molecule has 1 heterocycles. The minimum absolute atomic E-state index is 0.0512. The van der Waals surface area contributed by atoms with Crippen molar-refractivity contribution in [3.05, 3.63) is 47.5 Å². The molecule has 0 aliphatic carbocycles. The summed E-state index contributed by atoms with van der Waals surface area (Å²) in [6.45, 7) is 4.58. The van der Waals surface area contributed by atoms with Gasteiger partial charge in [0.25, 0.3) is 0 Å². The van der Waals surface area contributed by atoms with E-state index in [9.17, 15) is 9.59 Å². The van der Waals surface area contributed by atoms with Crippen LogP contribution in [0.5, 0.6) is 0 Å². The fourth-order valence-corrected chi connectivity index (χ4v) is 2.55. The van der Waals surface area contributed by atoms with E-state index in [0.717, 1.165) is 0 Å². The molecule has 1 aliphatic rings. The zero-order valence-electron chi connectivity index (χ0n) is 11.1. The van der Waals surface area contributed by atoms with E-state index >= 15 is 0 Å². The molecule has 20 heavy (non-hydrogen) atoms. The molecule has 2 rings (SSSR count). The molecule has 1 aromatic rings. The third-order valence-electron chi connectivity index (χ3n) is 3.29. The van der Waals surface area contributed by atoms with E-state index in [1.54, 1.807) is 29.2 Å². The van der Waals surface area contributed by atoms with Gasteiger partial charge in [0.2, 0.25) is 11.8 Å². The SMILES string of the molecule is C=CCCC(=O)N1CCNC(=O)[C@@H]1c1ccccc1Cl. The summed E-state index contributed by atoms with van der Waals surface area (Å²) in [5, 5.41) is 3.28. The summed E-state index contributed by atoms with van der Waals surface area (Å²) in [6, 6.07) is 6.48. The Hall–Kier alpha value is -1.81. The van der Waals surface area contributed by atoms with Gasteiger partial charge >= 0.3 is 0 Å². The number of halogens is 1. The van der Waals surface area contributed by atoms with Gasteiger partial charge in [-0.15, -0.1) is 6.58 Å². The van der Waals surface area contributed by atoms with Gasteiger partial charge in [-0.1, -0.05) is 35.9 Å². The maximum absolute atomic E-state index is 12.3. The number of allylic oxidation sites excluding steroid dienone is 1. The van der Waals surface area contributed by atoms with Gasteiger partial charge in [0, 0.05) is 30.1 Å². The van der Waals surface area contributed by atoms with Crippen LogP contribution < -0.4 is 5.32 Å². The second-order valence-electron chi connectivity index (χ2n) is 4.63. The van der Waals surface area contributed by atoms with Crippen LogP contribution >= 0.6 is 11.6 Å². The number of amides is 2. The Bertz CT molecular complexity index is 530. The summed E-state index contributed by atoms with van der Waals surface area (Å²) in [7, 11) is 0. The van der Waals surface area contributed by atoms with Crippen LogP contribution in [0.2, 0.25) is 5.02 Å². The van der Waals surface area contributed by atoms with Crippen molar-refractivity contribution in [2.45, 2.75) is 18.9 Å². The van der Waals surface area contributed by atoms with Crippen LogP contribution in [0.25, 0.3) is 0 Å². The number of rotatable bonds is 4. The number of carbonyl (C=O) groups is 2. The smallest absolute Gasteiger partial charge is 0.247 e. The molecule has 5 heteroatoms. The highest BCUT2D eigenvalue weighted by atomic mass is 35.5. The van der Waals surface area contributed by atoms with E-state index in [4.69, 9.17) is 11.6 Å². The molecular formula is C15H17ClN2O2. The third-order valence-corrected chi connectivity index (χ3v) is 3.64. The lowest BCUT2D eigenvalue weighted by atomic mass is 10.0. The van der Waals surface area contributed by atoms with E-state index in [0.29, 0.717) is 36.5 Å². The minimum atomic E-state index is -0.644. The molecule has 1 fully saturated rings. The van der Waals surface area contributed by atoms with E-state index < -0.39 is 6.04 Å². The minimum Gasteiger partial charge on any atom is -0.352 e. The molecule has 1 aliphatic heterocycles. The first kappa shape index (κ1) is 14.6. The topological polar surface area (TPSA) is 49.4 Å². The van der Waals surface area contributed by atoms with Crippen molar-refractivity contribution in [1.82, 2.24) is 10.2 Å². The molecule has 0 aromatic heterocycles. The van der Waals surface area contributed by atoms with Gasteiger partial charge in [0.05, 0.1) is 0 Å². The third kappa shape index (κ3) is 3.02. The molecule has 4 nitrogen and oxygen atoms in total. The number of hydrogen-bond acceptors (Lipinski definition) is 2. The van der Waals surface area contributed by atoms with Crippen LogP contribution in [0.15, 0.2) is 36.9 Å². The van der Waals surface area contributed by atoms with Crippen molar-refractivity contribution in [3.8, 4) is 0 Å². The summed E-state index contributed by atoms with van der Waals surface area (Å²) >= 11 is 6.16. The van der Waals surface area contributed by atoms with Crippen LogP contribution in [0, 0.1) is 0 Å². The van der Waals surface area contributed by atoms with Crippen molar-refractivity contribution in [3.63, 3.8) is 0 Å². The second-order valence-corrected chi connectivity index (χ2v) is 5.04. The molecule has 106 valence electrons. The maximum atomic E-state index is 12.3. The van der Waals surface area contributed by atoms with Crippen molar-refractivity contribution in [2.24, 2.45) is 0 Å². The quantitative estimate of drug-likeness (QED) is 0.866. The Balaban J connectivity index is 2.29. The second kappa shape index (κ2) is 6.57. The Morgan fingerprint density at radius 1 is 1.50 bits per heavy atom. The number of carbonyl (C=O) groups excluding carboxylic acids is 2. The Morgan fingerprint density at radius 2 is 2.25 bits per heavy atom. The predicted octanol–water partition coefficient (Wildman–Crippen LogP) is 2.31. The van der Waals surface area contributed by atoms with E-state index in [1.165, 1.54) is 0 Å². The maximum Gasteiger partial charge on any atom is 0.247 e. The zero-order chi connectivity index (χ0) is 14.5. The fraction of sp³-hybridized carbons (Fsp3) is 0.333. The van der Waals surface area contributed by atoms with Gasteiger partial charge < -0.3 is 10.2 Å². The number of piperazine rings is 1. The summed E-state index contributed by atoms with van der Waals surface area (Å²) < 4.78 is 0. The van der Waals surface area contributed by atoms with Crippen molar-refractivity contribution in [2.75, 3.05) is 13.1 Å². The normalized spacial score (nSPS) is 18.6. The molecular weight excluding hydrogens is 276 g/mol. The molecule has 0 bridgehead atoms. The van der Waals surface area contributed by atoms with Gasteiger partial charge in [-0.2, -0.15) is 0 Å². The van der Waals surface area contributed by atoms with Crippen LogP contribution in [0.3, 0.4) is 0 Å². The first-order valence-corrected chi connectivity index (χ1v) is 6.95. The molecule has 0 spiro atoms. The van der Waals surface area contributed by atoms with Gasteiger partial charge in [0.15, 0.2) is 0 Å². The molecule has 1 saturated heterocycles. The molecule has 2 amide bonds. The van der Waals surface area contributed by atoms with Crippen molar-refractivity contribution >= 4 is 23.4 Å². The Kier molecular flexibility index (Phi) is 4.79. The fourth-order valence-electron chi connectivity index (χ4n) is 2.31. The van der Waals surface area contributed by atoms with Crippen LogP contribution in [-0.2, 0) is 9.59 Å². The Labute approximate surface area is 123 Å². The van der Waals surface area contributed by atoms with Gasteiger partial charge in [-0.25, -0.2) is 0 Å². The highest BCUT2D eigenvalue weighted by molar-refractivity contribution is 6.31. The lowest BCUT2D eigenvalue weighted by Gasteiger charge is -2.35. The summed E-state index contributed by atoms with van der Waals surface area (Å²) in [4.78, 5) is 26.0. The largest absolute Gasteiger partial charge is 0.352 e. The molecule has 0 saturated carbocycles. The predicted molar refractivity (Wildman–Crippen MR) is 78.3 cm³/mol. The summed E-state index contributed by atoms with van der Waals surface area (Å²) in [5.41, 5.74) is 0.665. The highest BCUT2D eigenvalue weighted by Crippen LogP contribution is 2.29. The average molecular weight is 293 g/mol. The molecule has 0 radical (unpaired) electrons. The van der Waals surface area contributed by atoms with Crippen LogP contribution in [0.4, 0.5) is 0 Å². The van der Waals surface area contributed by atoms with Crippen molar-refractivity contribution in [1.29, 1.82) is 0 Å². The number of nitrogens with zero attached hydrogens (tertiary/aromatic N) is 1. The van der Waals surface area contributed by atoms with E-state index in [-0.39, 0.29) is 11.8 Å². The first-order chi connectivity index (χ1) is 9.65. The zero-order valence-corrected chi connectivity index (χ0v) is 11.9. The lowest BCUT2D eigenvalue weighted by molar-refractivity contribution is -0.143. The average Bonchev–Trinajstić information content (AvgIpc) is 2.45. The molecule has 1 aromatic carbocycles. The standard InChI is InChI=1S/C15H17ClN2O2/c1-2-3-8-13(19)18-10-9-17-15(20)14(18)11-6-4-5-7-12(11)16/h2,4-7,14H,1,3,8-10H2,(H,17,20)/t14-/m0/s1. The number of benzene rings is 1. The molecule has 0 unspecified atom stereocenters. The molecule has 1 N–H and O–H groups in total. The molecule has 1 atom stereocenters. The number of hydrogen-bond donors (Lipinski definition) is 1. The monoisotopic (exact) mass is 292 g/mol. The van der Waals surface area contributed by atoms with Crippen LogP contribution in [-0.4, -0.2) is 29.8 Å². The van der Waals surface area contributed by atoms with Gasteiger partial charge in [-0.3, -0.25) is 9.59 Å². The van der Waals surface area contributed by atoms with Gasteiger partial charge in [-0.05, 0) is 12.5 Å². The Morgan fingerprint density at radius 3 is 2.95 bits per heavy atom.